The third-order valence-corrected chi connectivity index (χ3v) is 21.6. The molecule has 78 heavy (non-hydrogen) atoms. The summed E-state index contributed by atoms with van der Waals surface area (Å²) in [5, 5.41) is 140. The highest BCUT2D eigenvalue weighted by molar-refractivity contribution is 5.81. The summed E-state index contributed by atoms with van der Waals surface area (Å²) in [5.41, 5.74) is -3.35. The van der Waals surface area contributed by atoms with Crippen molar-refractivity contribution >= 4 is 11.9 Å². The second-order valence-electron chi connectivity index (χ2n) is 25.5. The van der Waals surface area contributed by atoms with Gasteiger partial charge in [0.25, 0.3) is 0 Å². The van der Waals surface area contributed by atoms with Gasteiger partial charge in [-0.3, -0.25) is 9.59 Å². The third-order valence-electron chi connectivity index (χ3n) is 21.6. The first kappa shape index (κ1) is 60.5. The molecule has 8 fully saturated rings. The molecule has 4 heterocycles. The predicted molar refractivity (Wildman–Crippen MR) is 263 cm³/mol. The lowest BCUT2D eigenvalue weighted by Crippen LogP contribution is -2.67. The topological polar surface area (TPSA) is 380 Å². The Morgan fingerprint density at radius 3 is 1.87 bits per heavy atom. The molecule has 0 aromatic heterocycles. The Balaban J connectivity index is 0.977. The molecular weight excluding hydrogens is 1030 g/mol. The quantitative estimate of drug-likeness (QED) is 0.0558. The van der Waals surface area contributed by atoms with Crippen LogP contribution >= 0.6 is 0 Å². The molecule has 5 aliphatic carbocycles. The van der Waals surface area contributed by atoms with E-state index < -0.39 is 181 Å². The SMILES string of the molecule is COC(=O)[C@@]1(C)CC[C@]2(C(=O)O[C@@H]3O[C@H](CO)[C@@H](O)[C@H](O)[C@H]3O)CC[C@]3(C)C(=CC[C@@H]4[C@@]5(C)CC[C@H](O[C@@H]6OC[C@@H](O)[C@H](O)[C@H]6O[C@@H]6O[C@H](CO)[C@@H](O)[C@H](O)[C@H]6O[C@@H]6O[C@@H](C)[C@H](O)[C@@H](O)[C@H]6O)[C@@](C)(CO)[C@@H]5CC[C@]43C)[C@@H]2C1. The van der Waals surface area contributed by atoms with Gasteiger partial charge in [0.2, 0.25) is 6.29 Å². The number of allylic oxidation sites excluding steroid dienone is 2. The van der Waals surface area contributed by atoms with Crippen LogP contribution in [0.15, 0.2) is 11.6 Å². The van der Waals surface area contributed by atoms with E-state index in [0.29, 0.717) is 51.4 Å². The Morgan fingerprint density at radius 2 is 1.22 bits per heavy atom. The summed E-state index contributed by atoms with van der Waals surface area (Å²) in [6.45, 7) is 9.85. The number of carbonyl (C=O) groups excluding carboxylic acids is 2. The number of ether oxygens (including phenoxy) is 9. The van der Waals surface area contributed by atoms with Crippen LogP contribution in [0.5, 0.6) is 0 Å². The Hall–Kier alpha value is -2.12. The molecule has 9 aliphatic rings. The van der Waals surface area contributed by atoms with Crippen LogP contribution in [0.2, 0.25) is 0 Å². The molecule has 0 spiro atoms. The molecule has 0 bridgehead atoms. The molecule has 24 nitrogen and oxygen atoms in total. The first-order valence-electron chi connectivity index (χ1n) is 27.8. The molecule has 446 valence electrons. The van der Waals surface area contributed by atoms with E-state index in [2.05, 4.69) is 26.8 Å². The highest BCUT2D eigenvalue weighted by Gasteiger charge is 2.71. The van der Waals surface area contributed by atoms with Gasteiger partial charge >= 0.3 is 11.9 Å². The maximum Gasteiger partial charge on any atom is 0.315 e. The maximum atomic E-state index is 14.9. The van der Waals surface area contributed by atoms with Gasteiger partial charge in [-0.25, -0.2) is 0 Å². The number of hydrogen-bond donors (Lipinski definition) is 13. The first-order valence-corrected chi connectivity index (χ1v) is 27.8. The van der Waals surface area contributed by atoms with Crippen molar-refractivity contribution in [3.8, 4) is 0 Å². The normalized spacial score (nSPS) is 54.3. The fourth-order valence-electron chi connectivity index (χ4n) is 16.4. The fourth-order valence-corrected chi connectivity index (χ4v) is 16.4. The molecule has 4 saturated heterocycles. The van der Waals surface area contributed by atoms with Crippen LogP contribution < -0.4 is 0 Å². The monoisotopic (exact) mass is 1120 g/mol. The van der Waals surface area contributed by atoms with E-state index in [0.717, 1.165) is 5.57 Å². The van der Waals surface area contributed by atoms with Crippen molar-refractivity contribution < 1.29 is 119 Å². The lowest BCUT2D eigenvalue weighted by atomic mass is 9.33. The van der Waals surface area contributed by atoms with Gasteiger partial charge in [-0.2, -0.15) is 0 Å². The van der Waals surface area contributed by atoms with E-state index in [-0.39, 0.29) is 43.3 Å². The molecule has 24 heteroatoms. The van der Waals surface area contributed by atoms with Gasteiger partial charge in [0, 0.05) is 5.41 Å². The number of fused-ring (bicyclic) bond motifs is 7. The number of methoxy groups -OCH3 is 1. The summed E-state index contributed by atoms with van der Waals surface area (Å²) in [7, 11) is 1.34. The molecule has 0 aromatic carbocycles. The lowest BCUT2D eigenvalue weighted by molar-refractivity contribution is -0.392. The minimum absolute atomic E-state index is 0.0353. The van der Waals surface area contributed by atoms with Crippen LogP contribution in [0.3, 0.4) is 0 Å². The second kappa shape index (κ2) is 22.1. The average molecular weight is 1120 g/mol. The zero-order chi connectivity index (χ0) is 57.0. The van der Waals surface area contributed by atoms with Crippen LogP contribution in [-0.2, 0) is 52.2 Å². The summed E-state index contributed by atoms with van der Waals surface area (Å²) < 4.78 is 53.6. The molecule has 0 unspecified atom stereocenters. The van der Waals surface area contributed by atoms with E-state index in [1.54, 1.807) is 0 Å². The summed E-state index contributed by atoms with van der Waals surface area (Å²) in [5.74, 6) is -1.70. The summed E-state index contributed by atoms with van der Waals surface area (Å²) in [6, 6.07) is 0. The lowest BCUT2D eigenvalue weighted by Gasteiger charge is -2.71. The van der Waals surface area contributed by atoms with Gasteiger partial charge in [-0.05, 0) is 112 Å². The highest BCUT2D eigenvalue weighted by atomic mass is 16.8. The Bertz CT molecular complexity index is 2190. The van der Waals surface area contributed by atoms with Crippen molar-refractivity contribution in [2.45, 2.75) is 229 Å². The van der Waals surface area contributed by atoms with Crippen LogP contribution in [0.4, 0.5) is 0 Å². The van der Waals surface area contributed by atoms with Crippen LogP contribution in [0.1, 0.15) is 106 Å². The average Bonchev–Trinajstić information content (AvgIpc) is 3.46. The first-order chi connectivity index (χ1) is 36.6. The standard InChI is InChI=1S/C54H86O24/c1-23-32(59)36(63)39(66)43(72-23)76-42-38(65)35(62)28(20-56)74-46(42)77-41-33(60)26(58)21-71-45(41)75-31-11-12-50(3)29(51(31,4)22-57)10-13-53(6)30(50)9-8-24-25-18-49(2,47(68)70-7)14-16-54(25,17-15-52(24,53)5)48(69)78-44-40(67)37(64)34(61)27(19-55)73-44/h8,23,25-46,55-67H,9-22H2,1-7H3/t23-,25-,26+,27+,28+,29+,30+,31-,32-,33-,34+,35+,36+,37-,38-,39+,40+,41+,42+,43-,44-,45-,46-,49-,50-,51-,52+,53+,54-/m0/s1. The highest BCUT2D eigenvalue weighted by Crippen LogP contribution is 2.76. The number of aliphatic hydroxyl groups excluding tert-OH is 13. The molecule has 29 atom stereocenters. The van der Waals surface area contributed by atoms with E-state index in [9.17, 15) is 76.0 Å². The maximum absolute atomic E-state index is 14.9. The number of carbonyl (C=O) groups is 2. The van der Waals surface area contributed by atoms with Gasteiger partial charge in [-0.1, -0.05) is 39.3 Å². The Labute approximate surface area is 453 Å². The van der Waals surface area contributed by atoms with E-state index in [4.69, 9.17) is 42.6 Å². The Morgan fingerprint density at radius 1 is 0.615 bits per heavy atom. The molecule has 9 rings (SSSR count). The van der Waals surface area contributed by atoms with E-state index >= 15 is 0 Å². The predicted octanol–water partition coefficient (Wildman–Crippen LogP) is -2.24. The summed E-state index contributed by atoms with van der Waals surface area (Å²) in [6.07, 6.45) is -24.6. The van der Waals surface area contributed by atoms with Gasteiger partial charge in [0.1, 0.15) is 85.5 Å². The fraction of sp³-hybridized carbons (Fsp3) is 0.926. The number of rotatable bonds is 12. The molecule has 0 aromatic rings. The number of aliphatic hydroxyl groups is 13. The second-order valence-corrected chi connectivity index (χ2v) is 25.5. The van der Waals surface area contributed by atoms with Crippen LogP contribution in [0.25, 0.3) is 0 Å². The van der Waals surface area contributed by atoms with Gasteiger partial charge < -0.3 is 109 Å². The largest absolute Gasteiger partial charge is 0.469 e. The molecule has 0 radical (unpaired) electrons. The Kier molecular flexibility index (Phi) is 17.2. The molecule has 13 N–H and O–H groups in total. The minimum atomic E-state index is -1.87. The van der Waals surface area contributed by atoms with Crippen molar-refractivity contribution in [1.29, 1.82) is 0 Å². The number of esters is 2. The zero-order valence-corrected chi connectivity index (χ0v) is 45.6. The van der Waals surface area contributed by atoms with Crippen LogP contribution in [0, 0.1) is 50.2 Å². The summed E-state index contributed by atoms with van der Waals surface area (Å²) >= 11 is 0. The van der Waals surface area contributed by atoms with Crippen molar-refractivity contribution in [2.24, 2.45) is 50.2 Å². The van der Waals surface area contributed by atoms with Crippen molar-refractivity contribution in [3.05, 3.63) is 11.6 Å². The molecule has 0 amide bonds. The van der Waals surface area contributed by atoms with Crippen molar-refractivity contribution in [2.75, 3.05) is 33.5 Å². The smallest absolute Gasteiger partial charge is 0.315 e. The van der Waals surface area contributed by atoms with E-state index in [1.807, 2.05) is 13.8 Å². The van der Waals surface area contributed by atoms with Crippen molar-refractivity contribution in [1.82, 2.24) is 0 Å². The molecule has 4 saturated carbocycles. The summed E-state index contributed by atoms with van der Waals surface area (Å²) in [4.78, 5) is 28.5. The third kappa shape index (κ3) is 9.53. The van der Waals surface area contributed by atoms with Gasteiger partial charge in [0.15, 0.2) is 18.9 Å². The van der Waals surface area contributed by atoms with Gasteiger partial charge in [-0.15, -0.1) is 0 Å². The van der Waals surface area contributed by atoms with E-state index in [1.165, 1.54) is 14.0 Å². The zero-order valence-electron chi connectivity index (χ0n) is 45.6. The minimum Gasteiger partial charge on any atom is -0.469 e. The van der Waals surface area contributed by atoms with Gasteiger partial charge in [0.05, 0.1) is 56.6 Å². The van der Waals surface area contributed by atoms with Crippen LogP contribution in [-0.4, -0.2) is 235 Å². The van der Waals surface area contributed by atoms with Crippen molar-refractivity contribution in [3.63, 3.8) is 0 Å². The molecule has 4 aliphatic heterocycles. The number of hydrogen-bond acceptors (Lipinski definition) is 24. The molecular formula is C54H86O24.